The van der Waals surface area contributed by atoms with Gasteiger partial charge in [0, 0.05) is 25.7 Å². The first-order chi connectivity index (χ1) is 9.51. The minimum absolute atomic E-state index is 0.487. The molecule has 1 aliphatic heterocycles. The molecule has 0 amide bonds. The molecule has 0 aromatic rings. The Balaban J connectivity index is 2.37. The van der Waals surface area contributed by atoms with Crippen LogP contribution in [0.3, 0.4) is 0 Å². The standard InChI is InChI=1S/C16H34N4/c1-6-17-16(19-14(4)8-7-13(2)3)18-11-15-9-10-20(5)12-15/h13-15H,6-12H2,1-5H3,(H2,17,18,19). The molecule has 0 radical (unpaired) electrons. The Kier molecular flexibility index (Phi) is 7.97. The molecule has 4 heteroatoms. The molecule has 1 rings (SSSR count). The van der Waals surface area contributed by atoms with E-state index in [1.807, 2.05) is 0 Å². The van der Waals surface area contributed by atoms with Crippen LogP contribution in [0.1, 0.15) is 47.0 Å². The number of nitrogens with zero attached hydrogens (tertiary/aromatic N) is 2. The highest BCUT2D eigenvalue weighted by Crippen LogP contribution is 2.14. The molecule has 1 heterocycles. The molecule has 0 aromatic heterocycles. The number of guanidine groups is 1. The third-order valence-corrected chi connectivity index (χ3v) is 3.90. The molecule has 4 nitrogen and oxygen atoms in total. The summed E-state index contributed by atoms with van der Waals surface area (Å²) in [4.78, 5) is 7.16. The summed E-state index contributed by atoms with van der Waals surface area (Å²) < 4.78 is 0. The average Bonchev–Trinajstić information content (AvgIpc) is 2.80. The molecule has 1 aliphatic rings. The minimum Gasteiger partial charge on any atom is -0.357 e. The molecular weight excluding hydrogens is 248 g/mol. The predicted octanol–water partition coefficient (Wildman–Crippen LogP) is 2.32. The van der Waals surface area contributed by atoms with Crippen molar-refractivity contribution in [1.82, 2.24) is 15.5 Å². The van der Waals surface area contributed by atoms with Crippen molar-refractivity contribution in [3.63, 3.8) is 0 Å². The first-order valence-corrected chi connectivity index (χ1v) is 8.24. The van der Waals surface area contributed by atoms with Crippen molar-refractivity contribution in [2.24, 2.45) is 16.8 Å². The lowest BCUT2D eigenvalue weighted by molar-refractivity contribution is 0.397. The van der Waals surface area contributed by atoms with Crippen molar-refractivity contribution in [3.8, 4) is 0 Å². The summed E-state index contributed by atoms with van der Waals surface area (Å²) in [5, 5.41) is 6.90. The smallest absolute Gasteiger partial charge is 0.191 e. The highest BCUT2D eigenvalue weighted by atomic mass is 15.2. The molecule has 2 N–H and O–H groups in total. The van der Waals surface area contributed by atoms with Gasteiger partial charge in [-0.1, -0.05) is 13.8 Å². The van der Waals surface area contributed by atoms with Gasteiger partial charge in [0.1, 0.15) is 0 Å². The van der Waals surface area contributed by atoms with E-state index in [9.17, 15) is 0 Å². The van der Waals surface area contributed by atoms with Crippen molar-refractivity contribution in [1.29, 1.82) is 0 Å². The van der Waals surface area contributed by atoms with Crippen LogP contribution in [-0.2, 0) is 0 Å². The van der Waals surface area contributed by atoms with Crippen LogP contribution < -0.4 is 10.6 Å². The predicted molar refractivity (Wildman–Crippen MR) is 88.3 cm³/mol. The van der Waals surface area contributed by atoms with E-state index in [4.69, 9.17) is 4.99 Å². The molecule has 20 heavy (non-hydrogen) atoms. The van der Waals surface area contributed by atoms with Gasteiger partial charge in [-0.05, 0) is 58.5 Å². The van der Waals surface area contributed by atoms with E-state index in [0.29, 0.717) is 6.04 Å². The Bertz CT molecular complexity index is 288. The lowest BCUT2D eigenvalue weighted by Gasteiger charge is -2.19. The summed E-state index contributed by atoms with van der Waals surface area (Å²) in [5.41, 5.74) is 0. The lowest BCUT2D eigenvalue weighted by atomic mass is 10.0. The Morgan fingerprint density at radius 2 is 2.05 bits per heavy atom. The highest BCUT2D eigenvalue weighted by Gasteiger charge is 2.19. The second kappa shape index (κ2) is 9.22. The normalized spacial score (nSPS) is 22.3. The van der Waals surface area contributed by atoms with E-state index < -0.39 is 0 Å². The van der Waals surface area contributed by atoms with Crippen LogP contribution in [0.15, 0.2) is 4.99 Å². The fraction of sp³-hybridized carbons (Fsp3) is 0.938. The largest absolute Gasteiger partial charge is 0.357 e. The van der Waals surface area contributed by atoms with Crippen LogP contribution in [0.5, 0.6) is 0 Å². The van der Waals surface area contributed by atoms with Gasteiger partial charge in [-0.25, -0.2) is 0 Å². The average molecular weight is 282 g/mol. The second-order valence-electron chi connectivity index (χ2n) is 6.65. The lowest BCUT2D eigenvalue weighted by Crippen LogP contribution is -2.42. The van der Waals surface area contributed by atoms with Crippen molar-refractivity contribution in [2.75, 3.05) is 33.2 Å². The molecule has 118 valence electrons. The van der Waals surface area contributed by atoms with Crippen LogP contribution in [0.2, 0.25) is 0 Å². The Morgan fingerprint density at radius 1 is 1.30 bits per heavy atom. The number of hydrogen-bond acceptors (Lipinski definition) is 2. The summed E-state index contributed by atoms with van der Waals surface area (Å²) in [7, 11) is 2.20. The van der Waals surface area contributed by atoms with Crippen LogP contribution in [-0.4, -0.2) is 50.1 Å². The first kappa shape index (κ1) is 17.3. The number of aliphatic imine (C=N–C) groups is 1. The number of hydrogen-bond donors (Lipinski definition) is 2. The summed E-state index contributed by atoms with van der Waals surface area (Å²) in [6.45, 7) is 13.2. The fourth-order valence-electron chi connectivity index (χ4n) is 2.60. The fourth-order valence-corrected chi connectivity index (χ4v) is 2.60. The Hall–Kier alpha value is -0.770. The summed E-state index contributed by atoms with van der Waals surface area (Å²) in [6, 6.07) is 0.487. The van der Waals surface area contributed by atoms with Gasteiger partial charge in [0.05, 0.1) is 0 Å². The first-order valence-electron chi connectivity index (χ1n) is 8.24. The van der Waals surface area contributed by atoms with Gasteiger partial charge in [-0.3, -0.25) is 4.99 Å². The molecule has 0 saturated carbocycles. The molecule has 1 saturated heterocycles. The van der Waals surface area contributed by atoms with E-state index >= 15 is 0 Å². The topological polar surface area (TPSA) is 39.7 Å². The van der Waals surface area contributed by atoms with Crippen molar-refractivity contribution in [2.45, 2.75) is 53.0 Å². The highest BCUT2D eigenvalue weighted by molar-refractivity contribution is 5.80. The van der Waals surface area contributed by atoms with Gasteiger partial charge >= 0.3 is 0 Å². The van der Waals surface area contributed by atoms with Gasteiger partial charge in [0.15, 0.2) is 5.96 Å². The maximum atomic E-state index is 4.76. The van der Waals surface area contributed by atoms with Gasteiger partial charge in [0.2, 0.25) is 0 Å². The molecule has 2 atom stereocenters. The molecule has 0 aromatic carbocycles. The number of rotatable bonds is 7. The summed E-state index contributed by atoms with van der Waals surface area (Å²) in [6.07, 6.45) is 3.75. The molecule has 2 unspecified atom stereocenters. The van der Waals surface area contributed by atoms with Gasteiger partial charge in [-0.15, -0.1) is 0 Å². The van der Waals surface area contributed by atoms with Gasteiger partial charge < -0.3 is 15.5 Å². The molecule has 0 aliphatic carbocycles. The zero-order valence-corrected chi connectivity index (χ0v) is 14.1. The Labute approximate surface area is 125 Å². The van der Waals surface area contributed by atoms with E-state index in [-0.39, 0.29) is 0 Å². The van der Waals surface area contributed by atoms with E-state index in [2.05, 4.69) is 50.3 Å². The van der Waals surface area contributed by atoms with Crippen molar-refractivity contribution in [3.05, 3.63) is 0 Å². The van der Waals surface area contributed by atoms with E-state index in [1.54, 1.807) is 0 Å². The van der Waals surface area contributed by atoms with Crippen LogP contribution in [0.4, 0.5) is 0 Å². The zero-order valence-electron chi connectivity index (χ0n) is 14.1. The van der Waals surface area contributed by atoms with E-state index in [0.717, 1.165) is 30.9 Å². The SMILES string of the molecule is CCNC(=NCC1CCN(C)C1)NC(C)CCC(C)C. The second-order valence-corrected chi connectivity index (χ2v) is 6.65. The molecular formula is C16H34N4. The number of nitrogens with one attached hydrogen (secondary N) is 2. The van der Waals surface area contributed by atoms with E-state index in [1.165, 1.54) is 32.4 Å². The van der Waals surface area contributed by atoms with Crippen molar-refractivity contribution < 1.29 is 0 Å². The maximum absolute atomic E-state index is 4.76. The molecule has 0 bridgehead atoms. The monoisotopic (exact) mass is 282 g/mol. The third-order valence-electron chi connectivity index (χ3n) is 3.90. The van der Waals surface area contributed by atoms with Crippen LogP contribution in [0.25, 0.3) is 0 Å². The van der Waals surface area contributed by atoms with Crippen LogP contribution >= 0.6 is 0 Å². The molecule has 1 fully saturated rings. The third kappa shape index (κ3) is 7.13. The quantitative estimate of drug-likeness (QED) is 0.556. The van der Waals surface area contributed by atoms with Gasteiger partial charge in [-0.2, -0.15) is 0 Å². The Morgan fingerprint density at radius 3 is 2.60 bits per heavy atom. The number of likely N-dealkylation sites (tertiary alicyclic amines) is 1. The summed E-state index contributed by atoms with van der Waals surface area (Å²) >= 11 is 0. The van der Waals surface area contributed by atoms with Gasteiger partial charge in [0.25, 0.3) is 0 Å². The van der Waals surface area contributed by atoms with Crippen LogP contribution in [0, 0.1) is 11.8 Å². The zero-order chi connectivity index (χ0) is 15.0. The maximum Gasteiger partial charge on any atom is 0.191 e. The minimum atomic E-state index is 0.487. The van der Waals surface area contributed by atoms with Crippen molar-refractivity contribution >= 4 is 5.96 Å². The summed E-state index contributed by atoms with van der Waals surface area (Å²) in [5.74, 6) is 2.48. The molecule has 0 spiro atoms.